The fraction of sp³-hybridized carbons (Fsp3) is 0.100. The van der Waals surface area contributed by atoms with Crippen LogP contribution in [-0.2, 0) is 16.6 Å². The number of nitrogens with one attached hydrogen (secondary N) is 1. The summed E-state index contributed by atoms with van der Waals surface area (Å²) in [5, 5.41) is 2.86. The minimum Gasteiger partial charge on any atom is -0.497 e. The van der Waals surface area contributed by atoms with Gasteiger partial charge in [-0.15, -0.1) is 0 Å². The van der Waals surface area contributed by atoms with Crippen molar-refractivity contribution in [1.82, 2.24) is 0 Å². The summed E-state index contributed by atoms with van der Waals surface area (Å²) in [6, 6.07) is 29.0. The first-order valence-corrected chi connectivity index (χ1v) is 13.3. The predicted molar refractivity (Wildman–Crippen MR) is 149 cm³/mol. The Hall–Kier alpha value is -4.56. The number of anilines is 2. The second kappa shape index (κ2) is 12.1. The first-order chi connectivity index (χ1) is 18.4. The van der Waals surface area contributed by atoms with Gasteiger partial charge in [0.15, 0.2) is 0 Å². The molecule has 0 aliphatic rings. The van der Waals surface area contributed by atoms with Gasteiger partial charge < -0.3 is 14.8 Å². The Balaban J connectivity index is 1.73. The average Bonchev–Trinajstić information content (AvgIpc) is 2.95. The lowest BCUT2D eigenvalue weighted by Gasteiger charge is -2.26. The van der Waals surface area contributed by atoms with Crippen molar-refractivity contribution in [1.29, 1.82) is 0 Å². The van der Waals surface area contributed by atoms with Crippen LogP contribution in [0, 0.1) is 0 Å². The summed E-state index contributed by atoms with van der Waals surface area (Å²) in [6.45, 7) is 4.00. The van der Waals surface area contributed by atoms with Crippen LogP contribution in [0.1, 0.15) is 15.9 Å². The van der Waals surface area contributed by atoms with Gasteiger partial charge in [-0.3, -0.25) is 9.10 Å². The van der Waals surface area contributed by atoms with E-state index in [2.05, 4.69) is 11.9 Å². The molecule has 194 valence electrons. The van der Waals surface area contributed by atoms with Crippen LogP contribution in [0.15, 0.2) is 121 Å². The van der Waals surface area contributed by atoms with Crippen molar-refractivity contribution in [3.63, 3.8) is 0 Å². The molecule has 0 aliphatic carbocycles. The number of benzene rings is 4. The van der Waals surface area contributed by atoms with Crippen molar-refractivity contribution < 1.29 is 22.7 Å². The van der Waals surface area contributed by atoms with Crippen LogP contribution in [0.4, 0.5) is 11.4 Å². The SMILES string of the molecule is C=CCOc1cccc(NC(=O)c2ccccc2N(Cc2ccccc2)S(=O)(=O)c2ccc(OC)cc2)c1. The number of para-hydroxylation sites is 1. The number of carbonyl (C=O) groups excluding carboxylic acids is 1. The number of nitrogens with zero attached hydrogens (tertiary/aromatic N) is 1. The lowest BCUT2D eigenvalue weighted by molar-refractivity contribution is 0.102. The van der Waals surface area contributed by atoms with Crippen LogP contribution in [0.3, 0.4) is 0 Å². The van der Waals surface area contributed by atoms with E-state index >= 15 is 0 Å². The fourth-order valence-corrected chi connectivity index (χ4v) is 5.30. The molecule has 4 aromatic rings. The van der Waals surface area contributed by atoms with E-state index in [4.69, 9.17) is 9.47 Å². The number of amides is 1. The van der Waals surface area contributed by atoms with Crippen LogP contribution < -0.4 is 19.1 Å². The molecule has 0 fully saturated rings. The number of sulfonamides is 1. The smallest absolute Gasteiger partial charge is 0.264 e. The number of hydrogen-bond donors (Lipinski definition) is 1. The predicted octanol–water partition coefficient (Wildman–Crippen LogP) is 5.91. The molecule has 0 bridgehead atoms. The third kappa shape index (κ3) is 6.22. The summed E-state index contributed by atoms with van der Waals surface area (Å²) < 4.78 is 39.9. The zero-order valence-corrected chi connectivity index (χ0v) is 21.7. The maximum atomic E-state index is 13.9. The molecular weight excluding hydrogens is 500 g/mol. The van der Waals surface area contributed by atoms with E-state index in [0.29, 0.717) is 23.8 Å². The lowest BCUT2D eigenvalue weighted by atomic mass is 10.1. The van der Waals surface area contributed by atoms with E-state index in [9.17, 15) is 13.2 Å². The molecule has 0 saturated carbocycles. The highest BCUT2D eigenvalue weighted by Crippen LogP contribution is 2.31. The molecule has 0 heterocycles. The van der Waals surface area contributed by atoms with Crippen LogP contribution in [0.2, 0.25) is 0 Å². The molecule has 0 atom stereocenters. The number of rotatable bonds is 11. The van der Waals surface area contributed by atoms with E-state index in [1.165, 1.54) is 23.5 Å². The van der Waals surface area contributed by atoms with Crippen molar-refractivity contribution in [3.05, 3.63) is 127 Å². The molecule has 1 amide bonds. The van der Waals surface area contributed by atoms with Crippen molar-refractivity contribution in [2.45, 2.75) is 11.4 Å². The van der Waals surface area contributed by atoms with E-state index < -0.39 is 15.9 Å². The largest absolute Gasteiger partial charge is 0.497 e. The van der Waals surface area contributed by atoms with Crippen LogP contribution in [0.5, 0.6) is 11.5 Å². The summed E-state index contributed by atoms with van der Waals surface area (Å²) in [7, 11) is -2.54. The van der Waals surface area contributed by atoms with Gasteiger partial charge in [0.2, 0.25) is 0 Å². The molecule has 38 heavy (non-hydrogen) atoms. The molecule has 1 N–H and O–H groups in total. The minimum absolute atomic E-state index is 0.0321. The first-order valence-electron chi connectivity index (χ1n) is 11.9. The average molecular weight is 529 g/mol. The molecule has 0 spiro atoms. The molecule has 0 unspecified atom stereocenters. The van der Waals surface area contributed by atoms with Gasteiger partial charge in [0.1, 0.15) is 18.1 Å². The lowest BCUT2D eigenvalue weighted by Crippen LogP contribution is -2.32. The highest BCUT2D eigenvalue weighted by atomic mass is 32.2. The zero-order valence-electron chi connectivity index (χ0n) is 20.9. The summed E-state index contributed by atoms with van der Waals surface area (Å²) in [4.78, 5) is 13.5. The van der Waals surface area contributed by atoms with Crippen molar-refractivity contribution in [3.8, 4) is 11.5 Å². The molecule has 8 heteroatoms. The molecule has 0 aromatic heterocycles. The summed E-state index contributed by atoms with van der Waals surface area (Å²) >= 11 is 0. The van der Waals surface area contributed by atoms with E-state index in [0.717, 1.165) is 5.56 Å². The molecule has 0 radical (unpaired) electrons. The molecule has 4 aromatic carbocycles. The van der Waals surface area contributed by atoms with Crippen molar-refractivity contribution >= 4 is 27.3 Å². The number of ether oxygens (including phenoxy) is 2. The monoisotopic (exact) mass is 528 g/mol. The Bertz CT molecular complexity index is 1500. The van der Waals surface area contributed by atoms with Crippen molar-refractivity contribution in [2.24, 2.45) is 0 Å². The van der Waals surface area contributed by atoms with E-state index in [-0.39, 0.29) is 22.7 Å². The normalized spacial score (nSPS) is 10.9. The minimum atomic E-state index is -4.05. The maximum Gasteiger partial charge on any atom is 0.264 e. The fourth-order valence-electron chi connectivity index (χ4n) is 3.82. The summed E-state index contributed by atoms with van der Waals surface area (Å²) in [5.74, 6) is 0.658. The van der Waals surface area contributed by atoms with Gasteiger partial charge in [-0.2, -0.15) is 0 Å². The Morgan fingerprint density at radius 1 is 0.895 bits per heavy atom. The number of hydrogen-bond acceptors (Lipinski definition) is 5. The van der Waals surface area contributed by atoms with Crippen LogP contribution >= 0.6 is 0 Å². The Morgan fingerprint density at radius 3 is 2.32 bits per heavy atom. The highest BCUT2D eigenvalue weighted by Gasteiger charge is 2.28. The topological polar surface area (TPSA) is 84.9 Å². The van der Waals surface area contributed by atoms with Crippen LogP contribution in [-0.4, -0.2) is 28.0 Å². The molecule has 0 aliphatic heterocycles. The quantitative estimate of drug-likeness (QED) is 0.245. The molecule has 0 saturated heterocycles. The third-order valence-corrected chi connectivity index (χ3v) is 7.47. The van der Waals surface area contributed by atoms with Gasteiger partial charge in [0.25, 0.3) is 15.9 Å². The number of carbonyl (C=O) groups is 1. The Kier molecular flexibility index (Phi) is 8.45. The van der Waals surface area contributed by atoms with E-state index in [1.54, 1.807) is 66.7 Å². The second-order valence-electron chi connectivity index (χ2n) is 8.27. The molecule has 4 rings (SSSR count). The standard InChI is InChI=1S/C30H28N2O5S/c1-3-20-37-26-13-9-12-24(21-26)31-30(33)28-14-7-8-15-29(28)32(22-23-10-5-4-6-11-23)38(34,35)27-18-16-25(36-2)17-19-27/h3-19,21H,1,20,22H2,2H3,(H,31,33). The zero-order chi connectivity index (χ0) is 27.0. The van der Waals surface area contributed by atoms with Gasteiger partial charge in [0, 0.05) is 11.8 Å². The molecular formula is C30H28N2O5S. The third-order valence-electron chi connectivity index (χ3n) is 5.69. The highest BCUT2D eigenvalue weighted by molar-refractivity contribution is 7.92. The van der Waals surface area contributed by atoms with Gasteiger partial charge in [0.05, 0.1) is 29.8 Å². The first kappa shape index (κ1) is 26.5. The van der Waals surface area contributed by atoms with Gasteiger partial charge >= 0.3 is 0 Å². The Labute approximate surface area is 223 Å². The van der Waals surface area contributed by atoms with Gasteiger partial charge in [-0.1, -0.05) is 61.2 Å². The molecule has 7 nitrogen and oxygen atoms in total. The Morgan fingerprint density at radius 2 is 1.61 bits per heavy atom. The van der Waals surface area contributed by atoms with Gasteiger partial charge in [-0.05, 0) is 54.1 Å². The van der Waals surface area contributed by atoms with Crippen LogP contribution in [0.25, 0.3) is 0 Å². The second-order valence-corrected chi connectivity index (χ2v) is 10.1. The summed E-state index contributed by atoms with van der Waals surface area (Å²) in [6.07, 6.45) is 1.63. The van der Waals surface area contributed by atoms with E-state index in [1.807, 2.05) is 30.3 Å². The van der Waals surface area contributed by atoms with Gasteiger partial charge in [-0.25, -0.2) is 8.42 Å². The van der Waals surface area contributed by atoms with Crippen molar-refractivity contribution in [2.75, 3.05) is 23.3 Å². The maximum absolute atomic E-state index is 13.9. The number of methoxy groups -OCH3 is 1. The summed E-state index contributed by atoms with van der Waals surface area (Å²) in [5.41, 5.74) is 1.74.